The van der Waals surface area contributed by atoms with Crippen molar-refractivity contribution in [2.24, 2.45) is 5.92 Å². The van der Waals surface area contributed by atoms with Gasteiger partial charge in [-0.1, -0.05) is 0 Å². The van der Waals surface area contributed by atoms with Crippen molar-refractivity contribution >= 4 is 5.82 Å². The van der Waals surface area contributed by atoms with E-state index in [2.05, 4.69) is 22.2 Å². The Balaban J connectivity index is 1.82. The summed E-state index contributed by atoms with van der Waals surface area (Å²) >= 11 is 0. The van der Waals surface area contributed by atoms with Crippen molar-refractivity contribution in [2.75, 3.05) is 5.32 Å². The minimum atomic E-state index is 0.574. The largest absolute Gasteiger partial charge is 0.367 e. The average Bonchev–Trinajstić information content (AvgIpc) is 2.97. The number of aromatic nitrogens is 2. The predicted octanol–water partition coefficient (Wildman–Crippen LogP) is 2.18. The first kappa shape index (κ1) is 9.13. The van der Waals surface area contributed by atoms with Gasteiger partial charge in [-0.05, 0) is 44.9 Å². The van der Waals surface area contributed by atoms with Crippen LogP contribution in [0.3, 0.4) is 0 Å². The summed E-state index contributed by atoms with van der Waals surface area (Å²) in [6.07, 6.45) is 7.97. The molecule has 1 fully saturated rings. The number of nitrogens with one attached hydrogen (secondary N) is 1. The summed E-state index contributed by atoms with van der Waals surface area (Å²) in [5, 5.41) is 3.55. The molecular weight excluding hydrogens is 186 g/mol. The van der Waals surface area contributed by atoms with Gasteiger partial charge in [-0.25, -0.2) is 9.97 Å². The smallest absolute Gasteiger partial charge is 0.133 e. The third-order valence-electron chi connectivity index (χ3n) is 3.57. The Bertz CT molecular complexity index is 371. The number of anilines is 1. The molecule has 1 unspecified atom stereocenters. The van der Waals surface area contributed by atoms with Gasteiger partial charge in [-0.2, -0.15) is 0 Å². The summed E-state index contributed by atoms with van der Waals surface area (Å²) in [7, 11) is 0. The molecule has 1 saturated carbocycles. The molecule has 2 aliphatic rings. The highest BCUT2D eigenvalue weighted by Gasteiger charge is 2.29. The molecule has 3 rings (SSSR count). The molecule has 0 radical (unpaired) electrons. The van der Waals surface area contributed by atoms with Crippen LogP contribution < -0.4 is 5.32 Å². The molecule has 0 spiro atoms. The Morgan fingerprint density at radius 1 is 1.33 bits per heavy atom. The zero-order chi connectivity index (χ0) is 10.3. The fraction of sp³-hybridized carbons (Fsp3) is 0.667. The van der Waals surface area contributed by atoms with Crippen LogP contribution in [0.2, 0.25) is 0 Å². The SMILES string of the molecule is CC(Nc1ncnc2c1CCC2)C1CC1. The second-order valence-corrected chi connectivity index (χ2v) is 4.77. The summed E-state index contributed by atoms with van der Waals surface area (Å²) in [4.78, 5) is 8.71. The Morgan fingerprint density at radius 3 is 3.00 bits per heavy atom. The van der Waals surface area contributed by atoms with E-state index in [1.54, 1.807) is 6.33 Å². The number of hydrogen-bond acceptors (Lipinski definition) is 3. The van der Waals surface area contributed by atoms with Gasteiger partial charge in [-0.3, -0.25) is 0 Å². The lowest BCUT2D eigenvalue weighted by Gasteiger charge is -2.15. The summed E-state index contributed by atoms with van der Waals surface area (Å²) in [5.74, 6) is 1.97. The van der Waals surface area contributed by atoms with E-state index in [0.717, 1.165) is 24.6 Å². The zero-order valence-corrected chi connectivity index (χ0v) is 9.16. The fourth-order valence-electron chi connectivity index (χ4n) is 2.41. The number of fused-ring (bicyclic) bond motifs is 1. The van der Waals surface area contributed by atoms with Crippen LogP contribution in [0.5, 0.6) is 0 Å². The lowest BCUT2D eigenvalue weighted by Crippen LogP contribution is -2.19. The maximum Gasteiger partial charge on any atom is 0.133 e. The van der Waals surface area contributed by atoms with E-state index in [-0.39, 0.29) is 0 Å². The lowest BCUT2D eigenvalue weighted by atomic mass is 10.2. The molecule has 0 bridgehead atoms. The number of hydrogen-bond donors (Lipinski definition) is 1. The van der Waals surface area contributed by atoms with Crippen molar-refractivity contribution in [3.05, 3.63) is 17.6 Å². The van der Waals surface area contributed by atoms with Gasteiger partial charge < -0.3 is 5.32 Å². The number of rotatable bonds is 3. The Kier molecular flexibility index (Phi) is 2.11. The van der Waals surface area contributed by atoms with Crippen LogP contribution in [-0.4, -0.2) is 16.0 Å². The molecule has 2 aliphatic carbocycles. The highest BCUT2D eigenvalue weighted by Crippen LogP contribution is 2.35. The molecule has 80 valence electrons. The van der Waals surface area contributed by atoms with Gasteiger partial charge in [-0.15, -0.1) is 0 Å². The fourth-order valence-corrected chi connectivity index (χ4v) is 2.41. The van der Waals surface area contributed by atoms with Crippen LogP contribution in [0.25, 0.3) is 0 Å². The predicted molar refractivity (Wildman–Crippen MR) is 59.9 cm³/mol. The van der Waals surface area contributed by atoms with Crippen molar-refractivity contribution in [2.45, 2.75) is 45.1 Å². The molecule has 1 N–H and O–H groups in total. The lowest BCUT2D eigenvalue weighted by molar-refractivity contribution is 0.688. The summed E-state index contributed by atoms with van der Waals surface area (Å²) < 4.78 is 0. The second kappa shape index (κ2) is 3.47. The highest BCUT2D eigenvalue weighted by atomic mass is 15.0. The average molecular weight is 203 g/mol. The van der Waals surface area contributed by atoms with Crippen molar-refractivity contribution in [3.63, 3.8) is 0 Å². The highest BCUT2D eigenvalue weighted by molar-refractivity contribution is 5.48. The third-order valence-corrected chi connectivity index (χ3v) is 3.57. The molecule has 1 atom stereocenters. The van der Waals surface area contributed by atoms with Gasteiger partial charge >= 0.3 is 0 Å². The zero-order valence-electron chi connectivity index (χ0n) is 9.16. The van der Waals surface area contributed by atoms with E-state index in [1.807, 2.05) is 0 Å². The first-order chi connectivity index (χ1) is 7.34. The summed E-state index contributed by atoms with van der Waals surface area (Å²) in [6.45, 7) is 2.26. The van der Waals surface area contributed by atoms with Gasteiger partial charge in [0.05, 0.1) is 0 Å². The van der Waals surface area contributed by atoms with E-state index in [0.29, 0.717) is 6.04 Å². The van der Waals surface area contributed by atoms with E-state index in [4.69, 9.17) is 0 Å². The molecule has 0 aromatic carbocycles. The van der Waals surface area contributed by atoms with Crippen LogP contribution in [0.4, 0.5) is 5.82 Å². The standard InChI is InChI=1S/C12H17N3/c1-8(9-5-6-9)15-12-10-3-2-4-11(10)13-7-14-12/h7-9H,2-6H2,1H3,(H,13,14,15). The first-order valence-corrected chi connectivity index (χ1v) is 5.94. The third kappa shape index (κ3) is 1.71. The van der Waals surface area contributed by atoms with Gasteiger partial charge in [0.15, 0.2) is 0 Å². The molecule has 1 aromatic heterocycles. The summed E-state index contributed by atoms with van der Waals surface area (Å²) in [6, 6.07) is 0.574. The van der Waals surface area contributed by atoms with Gasteiger partial charge in [0.1, 0.15) is 12.1 Å². The van der Waals surface area contributed by atoms with E-state index < -0.39 is 0 Å². The maximum absolute atomic E-state index is 4.38. The monoisotopic (exact) mass is 203 g/mol. The van der Waals surface area contributed by atoms with Crippen LogP contribution in [0.1, 0.15) is 37.4 Å². The minimum absolute atomic E-state index is 0.574. The van der Waals surface area contributed by atoms with Crippen molar-refractivity contribution in [1.29, 1.82) is 0 Å². The topological polar surface area (TPSA) is 37.8 Å². The number of aryl methyl sites for hydroxylation is 1. The van der Waals surface area contributed by atoms with Crippen LogP contribution in [-0.2, 0) is 12.8 Å². The van der Waals surface area contributed by atoms with Crippen LogP contribution in [0.15, 0.2) is 6.33 Å². The van der Waals surface area contributed by atoms with Crippen LogP contribution in [0, 0.1) is 5.92 Å². The normalized spacial score (nSPS) is 21.1. The minimum Gasteiger partial charge on any atom is -0.367 e. The van der Waals surface area contributed by atoms with Crippen LogP contribution >= 0.6 is 0 Å². The molecule has 15 heavy (non-hydrogen) atoms. The van der Waals surface area contributed by atoms with Gasteiger partial charge in [0.25, 0.3) is 0 Å². The molecule has 0 amide bonds. The Hall–Kier alpha value is -1.12. The summed E-state index contributed by atoms with van der Waals surface area (Å²) in [5.41, 5.74) is 2.63. The molecule has 3 nitrogen and oxygen atoms in total. The second-order valence-electron chi connectivity index (χ2n) is 4.77. The Morgan fingerprint density at radius 2 is 2.20 bits per heavy atom. The van der Waals surface area contributed by atoms with Crippen molar-refractivity contribution in [3.8, 4) is 0 Å². The van der Waals surface area contributed by atoms with Gasteiger partial charge in [0.2, 0.25) is 0 Å². The van der Waals surface area contributed by atoms with E-state index >= 15 is 0 Å². The molecule has 1 aromatic rings. The maximum atomic E-state index is 4.38. The van der Waals surface area contributed by atoms with Crippen molar-refractivity contribution < 1.29 is 0 Å². The molecule has 1 heterocycles. The number of nitrogens with zero attached hydrogens (tertiary/aromatic N) is 2. The van der Waals surface area contributed by atoms with E-state index in [9.17, 15) is 0 Å². The first-order valence-electron chi connectivity index (χ1n) is 5.94. The molecular formula is C12H17N3. The molecule has 0 saturated heterocycles. The molecule has 3 heteroatoms. The van der Waals surface area contributed by atoms with Crippen molar-refractivity contribution in [1.82, 2.24) is 9.97 Å². The molecule has 0 aliphatic heterocycles. The quantitative estimate of drug-likeness (QED) is 0.818. The van der Waals surface area contributed by atoms with Gasteiger partial charge in [0, 0.05) is 17.3 Å². The van der Waals surface area contributed by atoms with E-state index in [1.165, 1.54) is 30.5 Å². The Labute approximate surface area is 90.3 Å².